The Morgan fingerprint density at radius 2 is 1.57 bits per heavy atom. The van der Waals surface area contributed by atoms with Gasteiger partial charge in [-0.2, -0.15) is 0 Å². The van der Waals surface area contributed by atoms with Gasteiger partial charge in [0.2, 0.25) is 0 Å². The van der Waals surface area contributed by atoms with Crippen LogP contribution in [0.1, 0.15) is 51.8 Å². The lowest BCUT2D eigenvalue weighted by Gasteiger charge is -2.27. The van der Waals surface area contributed by atoms with E-state index in [1.165, 1.54) is 0 Å². The van der Waals surface area contributed by atoms with Gasteiger partial charge in [-0.25, -0.2) is 4.79 Å². The summed E-state index contributed by atoms with van der Waals surface area (Å²) in [5.74, 6) is 0. The predicted molar refractivity (Wildman–Crippen MR) is 86.7 cm³/mol. The van der Waals surface area contributed by atoms with E-state index < -0.39 is 6.10 Å². The summed E-state index contributed by atoms with van der Waals surface area (Å²) in [6.45, 7) is 13.3. The molecule has 1 aromatic carbocycles. The molecule has 0 saturated carbocycles. The van der Waals surface area contributed by atoms with Crippen LogP contribution in [-0.4, -0.2) is 14.2 Å². The van der Waals surface area contributed by atoms with Crippen molar-refractivity contribution in [3.05, 3.63) is 33.7 Å². The first kappa shape index (κ1) is 15.8. The third-order valence-corrected chi connectivity index (χ3v) is 4.15. The first-order valence-corrected chi connectivity index (χ1v) is 7.64. The smallest absolute Gasteiger partial charge is 0.329 e. The van der Waals surface area contributed by atoms with Crippen LogP contribution in [0, 0.1) is 12.3 Å². The second kappa shape index (κ2) is 5.34. The minimum atomic E-state index is -0.549. The fourth-order valence-electron chi connectivity index (χ4n) is 2.85. The van der Waals surface area contributed by atoms with E-state index in [4.69, 9.17) is 0 Å². The van der Waals surface area contributed by atoms with Gasteiger partial charge >= 0.3 is 5.69 Å². The van der Waals surface area contributed by atoms with Crippen molar-refractivity contribution in [2.75, 3.05) is 0 Å². The van der Waals surface area contributed by atoms with Crippen LogP contribution in [0.15, 0.2) is 16.9 Å². The van der Waals surface area contributed by atoms with Crippen molar-refractivity contribution in [1.82, 2.24) is 9.13 Å². The lowest BCUT2D eigenvalue weighted by Crippen LogP contribution is -2.23. The van der Waals surface area contributed by atoms with Gasteiger partial charge in [0.1, 0.15) is 0 Å². The molecule has 1 heterocycles. The fraction of sp³-hybridized carbons (Fsp3) is 0.588. The molecule has 0 amide bonds. The van der Waals surface area contributed by atoms with Gasteiger partial charge in [-0.1, -0.05) is 20.8 Å². The van der Waals surface area contributed by atoms with Gasteiger partial charge in [0.25, 0.3) is 0 Å². The molecule has 0 aliphatic carbocycles. The van der Waals surface area contributed by atoms with Crippen molar-refractivity contribution in [3.8, 4) is 0 Å². The number of hydrogen-bond acceptors (Lipinski definition) is 2. The molecule has 0 radical (unpaired) electrons. The lowest BCUT2D eigenvalue weighted by molar-refractivity contribution is 0.0622. The molecule has 2 aromatic rings. The largest absolute Gasteiger partial charge is 0.388 e. The lowest BCUT2D eigenvalue weighted by atomic mass is 9.83. The average molecular weight is 290 g/mol. The Morgan fingerprint density at radius 3 is 2.00 bits per heavy atom. The van der Waals surface area contributed by atoms with Gasteiger partial charge in [-0.3, -0.25) is 9.13 Å². The maximum atomic E-state index is 12.4. The molecule has 0 aliphatic heterocycles. The number of hydrogen-bond donors (Lipinski definition) is 1. The third-order valence-electron chi connectivity index (χ3n) is 4.15. The third kappa shape index (κ3) is 2.53. The highest BCUT2D eigenvalue weighted by atomic mass is 16.3. The molecule has 1 N–H and O–H groups in total. The van der Waals surface area contributed by atoms with E-state index in [1.807, 2.05) is 53.7 Å². The number of aryl methyl sites for hydroxylation is 3. The van der Waals surface area contributed by atoms with Gasteiger partial charge in [-0.15, -0.1) is 0 Å². The molecular weight excluding hydrogens is 264 g/mol. The van der Waals surface area contributed by atoms with Crippen LogP contribution in [0.25, 0.3) is 11.0 Å². The maximum Gasteiger partial charge on any atom is 0.329 e. The monoisotopic (exact) mass is 290 g/mol. The summed E-state index contributed by atoms with van der Waals surface area (Å²) >= 11 is 0. The van der Waals surface area contributed by atoms with E-state index in [-0.39, 0.29) is 11.1 Å². The first-order chi connectivity index (χ1) is 9.72. The van der Waals surface area contributed by atoms with Gasteiger partial charge < -0.3 is 5.11 Å². The quantitative estimate of drug-likeness (QED) is 0.943. The molecule has 0 spiro atoms. The van der Waals surface area contributed by atoms with Gasteiger partial charge in [-0.05, 0) is 49.4 Å². The molecule has 0 saturated heterocycles. The van der Waals surface area contributed by atoms with Crippen molar-refractivity contribution in [2.24, 2.45) is 5.41 Å². The van der Waals surface area contributed by atoms with E-state index in [9.17, 15) is 9.90 Å². The summed E-state index contributed by atoms with van der Waals surface area (Å²) in [6, 6.07) is 4.01. The Bertz CT molecular complexity index is 717. The van der Waals surface area contributed by atoms with E-state index in [0.29, 0.717) is 13.1 Å². The molecule has 0 fully saturated rings. The fourth-order valence-corrected chi connectivity index (χ4v) is 2.85. The van der Waals surface area contributed by atoms with Crippen molar-refractivity contribution >= 4 is 11.0 Å². The van der Waals surface area contributed by atoms with Crippen LogP contribution in [0.5, 0.6) is 0 Å². The SMILES string of the molecule is CCn1c(=O)n(CC)c2cc(C(O)C(C)(C)C)c(C)cc21. The number of fused-ring (bicyclic) bond motifs is 1. The second-order valence-corrected chi connectivity index (χ2v) is 6.74. The number of rotatable bonds is 3. The zero-order valence-corrected chi connectivity index (χ0v) is 13.9. The van der Waals surface area contributed by atoms with Crippen LogP contribution in [0.3, 0.4) is 0 Å². The van der Waals surface area contributed by atoms with Crippen molar-refractivity contribution in [1.29, 1.82) is 0 Å². The van der Waals surface area contributed by atoms with Crippen LogP contribution in [-0.2, 0) is 13.1 Å². The Hall–Kier alpha value is -1.55. The number of aliphatic hydroxyl groups is 1. The van der Waals surface area contributed by atoms with Crippen LogP contribution in [0.2, 0.25) is 0 Å². The highest BCUT2D eigenvalue weighted by Crippen LogP contribution is 2.35. The molecule has 1 aromatic heterocycles. The summed E-state index contributed by atoms with van der Waals surface area (Å²) in [5.41, 5.74) is 3.59. The molecule has 116 valence electrons. The second-order valence-electron chi connectivity index (χ2n) is 6.74. The van der Waals surface area contributed by atoms with Crippen molar-refractivity contribution in [2.45, 2.75) is 60.7 Å². The molecule has 2 rings (SSSR count). The standard InChI is InChI=1S/C17H26N2O2/c1-7-18-13-9-11(3)12(15(20)17(4,5)6)10-14(13)19(8-2)16(18)21/h9-10,15,20H,7-8H2,1-6H3. The number of aromatic nitrogens is 2. The summed E-state index contributed by atoms with van der Waals surface area (Å²) in [7, 11) is 0. The molecule has 0 aliphatic rings. The van der Waals surface area contributed by atoms with E-state index >= 15 is 0 Å². The summed E-state index contributed by atoms with van der Waals surface area (Å²) in [4.78, 5) is 12.4. The van der Waals surface area contributed by atoms with E-state index in [1.54, 1.807) is 9.13 Å². The Kier molecular flexibility index (Phi) is 4.02. The number of nitrogens with zero attached hydrogens (tertiary/aromatic N) is 2. The Labute approximate surface area is 126 Å². The number of aliphatic hydroxyl groups excluding tert-OH is 1. The van der Waals surface area contributed by atoms with Crippen LogP contribution >= 0.6 is 0 Å². The summed E-state index contributed by atoms with van der Waals surface area (Å²) in [6.07, 6.45) is -0.549. The van der Waals surface area contributed by atoms with Gasteiger partial charge in [0.15, 0.2) is 0 Å². The Morgan fingerprint density at radius 1 is 1.10 bits per heavy atom. The molecule has 4 nitrogen and oxygen atoms in total. The van der Waals surface area contributed by atoms with E-state index in [2.05, 4.69) is 0 Å². The minimum absolute atomic E-state index is 0.0248. The molecular formula is C17H26N2O2. The number of imidazole rings is 1. The molecule has 21 heavy (non-hydrogen) atoms. The first-order valence-electron chi connectivity index (χ1n) is 7.64. The van der Waals surface area contributed by atoms with Crippen LogP contribution in [0.4, 0.5) is 0 Å². The minimum Gasteiger partial charge on any atom is -0.388 e. The maximum absolute atomic E-state index is 12.4. The van der Waals surface area contributed by atoms with E-state index in [0.717, 1.165) is 22.2 Å². The zero-order chi connectivity index (χ0) is 15.9. The average Bonchev–Trinajstić information content (AvgIpc) is 2.66. The van der Waals surface area contributed by atoms with Crippen LogP contribution < -0.4 is 5.69 Å². The van der Waals surface area contributed by atoms with Gasteiger partial charge in [0, 0.05) is 13.1 Å². The summed E-state index contributed by atoms with van der Waals surface area (Å²) in [5, 5.41) is 10.6. The highest BCUT2D eigenvalue weighted by Gasteiger charge is 2.26. The normalized spacial score (nSPS) is 13.9. The Balaban J connectivity index is 2.79. The molecule has 0 bridgehead atoms. The summed E-state index contributed by atoms with van der Waals surface area (Å²) < 4.78 is 3.57. The predicted octanol–water partition coefficient (Wildman–Crippen LogP) is 3.23. The topological polar surface area (TPSA) is 47.2 Å². The molecule has 1 unspecified atom stereocenters. The number of benzene rings is 1. The van der Waals surface area contributed by atoms with Crippen molar-refractivity contribution < 1.29 is 5.11 Å². The highest BCUT2D eigenvalue weighted by molar-refractivity contribution is 5.78. The molecule has 1 atom stereocenters. The van der Waals surface area contributed by atoms with Crippen molar-refractivity contribution in [3.63, 3.8) is 0 Å². The zero-order valence-electron chi connectivity index (χ0n) is 13.9. The molecule has 4 heteroatoms. The van der Waals surface area contributed by atoms with Gasteiger partial charge in [0.05, 0.1) is 17.1 Å².